The summed E-state index contributed by atoms with van der Waals surface area (Å²) in [6.07, 6.45) is 1.17. The normalized spacial score (nSPS) is 13.1. The van der Waals surface area contributed by atoms with Gasteiger partial charge in [-0.2, -0.15) is 5.10 Å². The molecule has 0 aliphatic rings. The van der Waals surface area contributed by atoms with Crippen LogP contribution in [-0.2, 0) is 6.54 Å². The molecule has 3 nitrogen and oxygen atoms in total. The van der Waals surface area contributed by atoms with Crippen LogP contribution in [-0.4, -0.2) is 16.3 Å². The highest BCUT2D eigenvalue weighted by Gasteiger charge is 2.15. The molecule has 0 radical (unpaired) electrons. The molecule has 1 aromatic rings. The van der Waals surface area contributed by atoms with E-state index in [2.05, 4.69) is 49.7 Å². The third-order valence-corrected chi connectivity index (χ3v) is 2.87. The van der Waals surface area contributed by atoms with Crippen LogP contribution in [0.5, 0.6) is 0 Å². The lowest BCUT2D eigenvalue weighted by atomic mass is 10.1. The predicted octanol–water partition coefficient (Wildman–Crippen LogP) is 2.58. The zero-order valence-corrected chi connectivity index (χ0v) is 10.6. The summed E-state index contributed by atoms with van der Waals surface area (Å²) in [5, 5.41) is 8.05. The molecule has 1 unspecified atom stereocenters. The molecule has 0 fully saturated rings. The second-order valence-electron chi connectivity index (χ2n) is 4.08. The van der Waals surface area contributed by atoms with Crippen LogP contribution in [0.2, 0.25) is 0 Å². The van der Waals surface area contributed by atoms with Gasteiger partial charge >= 0.3 is 0 Å². The van der Waals surface area contributed by atoms with E-state index in [0.717, 1.165) is 18.8 Å². The van der Waals surface area contributed by atoms with Crippen LogP contribution in [0.15, 0.2) is 0 Å². The highest BCUT2D eigenvalue weighted by atomic mass is 15.3. The first-order valence-corrected chi connectivity index (χ1v) is 5.89. The summed E-state index contributed by atoms with van der Waals surface area (Å²) in [5.41, 5.74) is 3.82. The van der Waals surface area contributed by atoms with Gasteiger partial charge < -0.3 is 5.32 Å². The van der Waals surface area contributed by atoms with E-state index in [1.54, 1.807) is 0 Å². The third-order valence-electron chi connectivity index (χ3n) is 2.87. The van der Waals surface area contributed by atoms with Crippen molar-refractivity contribution in [2.45, 2.75) is 53.6 Å². The van der Waals surface area contributed by atoms with Crippen molar-refractivity contribution in [2.24, 2.45) is 0 Å². The molecule has 0 aromatic carbocycles. The number of nitrogens with one attached hydrogen (secondary N) is 1. The first-order chi connectivity index (χ1) is 7.11. The van der Waals surface area contributed by atoms with E-state index >= 15 is 0 Å². The van der Waals surface area contributed by atoms with Gasteiger partial charge in [0.05, 0.1) is 5.69 Å². The van der Waals surface area contributed by atoms with Gasteiger partial charge in [0.2, 0.25) is 0 Å². The van der Waals surface area contributed by atoms with Crippen LogP contribution in [0, 0.1) is 13.8 Å². The minimum atomic E-state index is 0.408. The summed E-state index contributed by atoms with van der Waals surface area (Å²) in [5.74, 6) is 0. The summed E-state index contributed by atoms with van der Waals surface area (Å²) in [7, 11) is 0. The monoisotopic (exact) mass is 209 g/mol. The van der Waals surface area contributed by atoms with E-state index in [-0.39, 0.29) is 0 Å². The molecule has 1 heterocycles. The summed E-state index contributed by atoms with van der Waals surface area (Å²) in [6, 6.07) is 0.408. The van der Waals surface area contributed by atoms with Gasteiger partial charge in [0.15, 0.2) is 0 Å². The fourth-order valence-corrected chi connectivity index (χ4v) is 2.11. The van der Waals surface area contributed by atoms with Crippen LogP contribution in [0.25, 0.3) is 0 Å². The molecule has 3 heteroatoms. The fraction of sp³-hybridized carbons (Fsp3) is 0.750. The number of aryl methyl sites for hydroxylation is 2. The smallest absolute Gasteiger partial charge is 0.0644 e. The molecular weight excluding hydrogens is 186 g/mol. The molecule has 1 atom stereocenters. The zero-order chi connectivity index (χ0) is 11.4. The Hall–Kier alpha value is -0.830. The highest BCUT2D eigenvalue weighted by Crippen LogP contribution is 2.21. The van der Waals surface area contributed by atoms with Crippen LogP contribution in [0.3, 0.4) is 0 Å². The topological polar surface area (TPSA) is 29.9 Å². The van der Waals surface area contributed by atoms with E-state index < -0.39 is 0 Å². The lowest BCUT2D eigenvalue weighted by Gasteiger charge is -2.14. The Labute approximate surface area is 92.9 Å². The molecule has 0 aliphatic heterocycles. The Morgan fingerprint density at radius 2 is 2.00 bits per heavy atom. The number of aromatic nitrogens is 2. The quantitative estimate of drug-likeness (QED) is 0.807. The second-order valence-corrected chi connectivity index (χ2v) is 4.08. The standard InChI is InChI=1S/C12H23N3/c1-6-8-13-9(3)12-10(4)14-15(7-2)11(12)5/h9,13H,6-8H2,1-5H3. The van der Waals surface area contributed by atoms with Crippen molar-refractivity contribution in [3.8, 4) is 0 Å². The number of hydrogen-bond donors (Lipinski definition) is 1. The molecule has 1 N–H and O–H groups in total. The Balaban J connectivity index is 2.87. The third kappa shape index (κ3) is 2.59. The first kappa shape index (κ1) is 12.2. The average molecular weight is 209 g/mol. The summed E-state index contributed by atoms with van der Waals surface area (Å²) < 4.78 is 2.08. The molecule has 0 saturated carbocycles. The lowest BCUT2D eigenvalue weighted by molar-refractivity contribution is 0.563. The molecule has 0 amide bonds. The number of hydrogen-bond acceptors (Lipinski definition) is 2. The SMILES string of the molecule is CCCNC(C)c1c(C)nn(CC)c1C. The Morgan fingerprint density at radius 3 is 2.47 bits per heavy atom. The lowest BCUT2D eigenvalue weighted by Crippen LogP contribution is -2.20. The van der Waals surface area contributed by atoms with E-state index in [9.17, 15) is 0 Å². The molecule has 0 bridgehead atoms. The molecule has 0 spiro atoms. The minimum absolute atomic E-state index is 0.408. The van der Waals surface area contributed by atoms with Crippen molar-refractivity contribution in [1.82, 2.24) is 15.1 Å². The molecule has 86 valence electrons. The van der Waals surface area contributed by atoms with E-state index in [0.29, 0.717) is 6.04 Å². The van der Waals surface area contributed by atoms with Gasteiger partial charge in [-0.3, -0.25) is 4.68 Å². The molecule has 1 aromatic heterocycles. The van der Waals surface area contributed by atoms with Crippen LogP contribution in [0.1, 0.15) is 50.2 Å². The van der Waals surface area contributed by atoms with Crippen LogP contribution >= 0.6 is 0 Å². The van der Waals surface area contributed by atoms with Gasteiger partial charge in [0.1, 0.15) is 0 Å². The van der Waals surface area contributed by atoms with Gasteiger partial charge in [-0.15, -0.1) is 0 Å². The Bertz CT molecular complexity index is 315. The van der Waals surface area contributed by atoms with E-state index in [1.807, 2.05) is 0 Å². The molecule has 0 saturated heterocycles. The highest BCUT2D eigenvalue weighted by molar-refractivity contribution is 5.27. The molecular formula is C12H23N3. The van der Waals surface area contributed by atoms with Gasteiger partial charge in [-0.25, -0.2) is 0 Å². The largest absolute Gasteiger partial charge is 0.310 e. The van der Waals surface area contributed by atoms with Crippen molar-refractivity contribution in [2.75, 3.05) is 6.54 Å². The first-order valence-electron chi connectivity index (χ1n) is 5.89. The predicted molar refractivity (Wildman–Crippen MR) is 64.1 cm³/mol. The van der Waals surface area contributed by atoms with Crippen molar-refractivity contribution < 1.29 is 0 Å². The van der Waals surface area contributed by atoms with E-state index in [4.69, 9.17) is 0 Å². The van der Waals surface area contributed by atoms with Crippen LogP contribution in [0.4, 0.5) is 0 Å². The maximum absolute atomic E-state index is 4.53. The van der Waals surface area contributed by atoms with Gasteiger partial charge in [0, 0.05) is 23.8 Å². The maximum atomic E-state index is 4.53. The number of nitrogens with zero attached hydrogens (tertiary/aromatic N) is 2. The van der Waals surface area contributed by atoms with Crippen molar-refractivity contribution in [3.63, 3.8) is 0 Å². The van der Waals surface area contributed by atoms with Crippen molar-refractivity contribution in [1.29, 1.82) is 0 Å². The van der Waals surface area contributed by atoms with Gasteiger partial charge in [-0.05, 0) is 40.7 Å². The van der Waals surface area contributed by atoms with Crippen molar-refractivity contribution in [3.05, 3.63) is 17.0 Å². The second kappa shape index (κ2) is 5.31. The maximum Gasteiger partial charge on any atom is 0.0644 e. The van der Waals surface area contributed by atoms with E-state index in [1.165, 1.54) is 17.7 Å². The van der Waals surface area contributed by atoms with Gasteiger partial charge in [-0.1, -0.05) is 6.92 Å². The Morgan fingerprint density at radius 1 is 1.33 bits per heavy atom. The Kier molecular flexibility index (Phi) is 4.33. The summed E-state index contributed by atoms with van der Waals surface area (Å²) in [4.78, 5) is 0. The molecule has 15 heavy (non-hydrogen) atoms. The average Bonchev–Trinajstić information content (AvgIpc) is 2.50. The van der Waals surface area contributed by atoms with Crippen LogP contribution < -0.4 is 5.32 Å². The summed E-state index contributed by atoms with van der Waals surface area (Å²) in [6.45, 7) is 12.8. The van der Waals surface area contributed by atoms with Gasteiger partial charge in [0.25, 0.3) is 0 Å². The molecule has 1 rings (SSSR count). The summed E-state index contributed by atoms with van der Waals surface area (Å²) >= 11 is 0. The van der Waals surface area contributed by atoms with Crippen molar-refractivity contribution >= 4 is 0 Å². The number of rotatable bonds is 5. The molecule has 0 aliphatic carbocycles. The zero-order valence-electron chi connectivity index (χ0n) is 10.6. The fourth-order valence-electron chi connectivity index (χ4n) is 2.11. The minimum Gasteiger partial charge on any atom is -0.310 e.